The predicted molar refractivity (Wildman–Crippen MR) is 50.9 cm³/mol. The molecular formula is C8H6ClF3N4. The minimum absolute atomic E-state index is 0.0151. The molecule has 0 atom stereocenters. The Labute approximate surface area is 92.8 Å². The zero-order valence-electron chi connectivity index (χ0n) is 7.79. The SMILES string of the molecule is NCc1nnc2c(Cl)cc(C(F)(F)F)cn12. The Morgan fingerprint density at radius 1 is 1.38 bits per heavy atom. The molecule has 2 aromatic rings. The van der Waals surface area contributed by atoms with Crippen LogP contribution in [0, 0.1) is 0 Å². The maximum Gasteiger partial charge on any atom is 0.417 e. The van der Waals surface area contributed by atoms with Gasteiger partial charge in [0.1, 0.15) is 0 Å². The lowest BCUT2D eigenvalue weighted by atomic mass is 10.3. The quantitative estimate of drug-likeness (QED) is 0.840. The van der Waals surface area contributed by atoms with Crippen LogP contribution in [0.25, 0.3) is 5.65 Å². The number of nitrogens with zero attached hydrogens (tertiary/aromatic N) is 3. The summed E-state index contributed by atoms with van der Waals surface area (Å²) < 4.78 is 38.6. The number of fused-ring (bicyclic) bond motifs is 1. The second kappa shape index (κ2) is 3.60. The highest BCUT2D eigenvalue weighted by atomic mass is 35.5. The summed E-state index contributed by atoms with van der Waals surface area (Å²) >= 11 is 5.67. The van der Waals surface area contributed by atoms with E-state index in [1.807, 2.05) is 0 Å². The van der Waals surface area contributed by atoms with Gasteiger partial charge in [0, 0.05) is 6.20 Å². The van der Waals surface area contributed by atoms with Gasteiger partial charge in [0.15, 0.2) is 11.5 Å². The first-order chi connectivity index (χ1) is 7.43. The summed E-state index contributed by atoms with van der Waals surface area (Å²) in [6, 6.07) is 0.811. The van der Waals surface area contributed by atoms with Crippen LogP contribution in [-0.2, 0) is 12.7 Å². The first-order valence-electron chi connectivity index (χ1n) is 4.24. The fraction of sp³-hybridized carbons (Fsp3) is 0.250. The minimum Gasteiger partial charge on any atom is -0.324 e. The minimum atomic E-state index is -4.46. The molecule has 2 aromatic heterocycles. The summed E-state index contributed by atoms with van der Waals surface area (Å²) in [6.45, 7) is -0.0151. The molecule has 4 nitrogen and oxygen atoms in total. The van der Waals surface area contributed by atoms with Crippen LogP contribution in [-0.4, -0.2) is 14.6 Å². The predicted octanol–water partition coefficient (Wildman–Crippen LogP) is 1.86. The molecule has 2 rings (SSSR count). The van der Waals surface area contributed by atoms with Gasteiger partial charge in [-0.15, -0.1) is 10.2 Å². The molecular weight excluding hydrogens is 245 g/mol. The van der Waals surface area contributed by atoms with E-state index in [1.54, 1.807) is 0 Å². The van der Waals surface area contributed by atoms with Crippen LogP contribution in [0.15, 0.2) is 12.3 Å². The smallest absolute Gasteiger partial charge is 0.324 e. The number of alkyl halides is 3. The second-order valence-electron chi connectivity index (χ2n) is 3.09. The van der Waals surface area contributed by atoms with Gasteiger partial charge in [-0.05, 0) is 6.07 Å². The monoisotopic (exact) mass is 250 g/mol. The molecule has 0 aliphatic carbocycles. The van der Waals surface area contributed by atoms with Crippen LogP contribution in [0.1, 0.15) is 11.4 Å². The summed E-state index contributed by atoms with van der Waals surface area (Å²) in [6.07, 6.45) is -3.59. The molecule has 86 valence electrons. The molecule has 0 aliphatic heterocycles. The molecule has 2 heterocycles. The van der Waals surface area contributed by atoms with Crippen molar-refractivity contribution in [3.63, 3.8) is 0 Å². The van der Waals surface area contributed by atoms with Gasteiger partial charge in [-0.2, -0.15) is 13.2 Å². The number of aromatic nitrogens is 3. The highest BCUT2D eigenvalue weighted by molar-refractivity contribution is 6.33. The van der Waals surface area contributed by atoms with Gasteiger partial charge in [-0.25, -0.2) is 0 Å². The molecule has 0 amide bonds. The van der Waals surface area contributed by atoms with Gasteiger partial charge in [0.25, 0.3) is 0 Å². The van der Waals surface area contributed by atoms with Crippen molar-refractivity contribution in [1.29, 1.82) is 0 Å². The van der Waals surface area contributed by atoms with Gasteiger partial charge in [0.2, 0.25) is 0 Å². The van der Waals surface area contributed by atoms with E-state index in [9.17, 15) is 13.2 Å². The lowest BCUT2D eigenvalue weighted by Gasteiger charge is -2.08. The Morgan fingerprint density at radius 3 is 2.62 bits per heavy atom. The zero-order valence-corrected chi connectivity index (χ0v) is 8.55. The summed E-state index contributed by atoms with van der Waals surface area (Å²) in [7, 11) is 0. The van der Waals surface area contributed by atoms with Crippen molar-refractivity contribution in [3.05, 3.63) is 28.7 Å². The van der Waals surface area contributed by atoms with Crippen molar-refractivity contribution < 1.29 is 13.2 Å². The highest BCUT2D eigenvalue weighted by Crippen LogP contribution is 2.32. The van der Waals surface area contributed by atoms with Gasteiger partial charge in [-0.3, -0.25) is 4.40 Å². The van der Waals surface area contributed by atoms with Gasteiger partial charge >= 0.3 is 6.18 Å². The van der Waals surface area contributed by atoms with Crippen LogP contribution in [0.2, 0.25) is 5.02 Å². The number of rotatable bonds is 1. The summed E-state index contributed by atoms with van der Waals surface area (Å²) in [4.78, 5) is 0. The molecule has 0 saturated heterocycles. The van der Waals surface area contributed by atoms with Crippen molar-refractivity contribution in [1.82, 2.24) is 14.6 Å². The Balaban J connectivity index is 2.73. The largest absolute Gasteiger partial charge is 0.417 e. The summed E-state index contributed by atoms with van der Waals surface area (Å²) in [5.74, 6) is 0.225. The molecule has 0 aromatic carbocycles. The van der Waals surface area contributed by atoms with Crippen LogP contribution in [0.4, 0.5) is 13.2 Å². The topological polar surface area (TPSA) is 56.2 Å². The van der Waals surface area contributed by atoms with E-state index in [0.29, 0.717) is 0 Å². The lowest BCUT2D eigenvalue weighted by molar-refractivity contribution is -0.137. The number of hydrogen-bond acceptors (Lipinski definition) is 3. The maximum atomic E-state index is 12.5. The third-order valence-corrected chi connectivity index (χ3v) is 2.32. The lowest BCUT2D eigenvalue weighted by Crippen LogP contribution is -2.09. The number of hydrogen-bond donors (Lipinski definition) is 1. The maximum absolute atomic E-state index is 12.5. The fourth-order valence-electron chi connectivity index (χ4n) is 1.29. The average molecular weight is 251 g/mol. The number of nitrogens with two attached hydrogens (primary N) is 1. The third kappa shape index (κ3) is 1.72. The second-order valence-corrected chi connectivity index (χ2v) is 3.50. The Kier molecular flexibility index (Phi) is 2.51. The van der Waals surface area contributed by atoms with Crippen molar-refractivity contribution in [2.75, 3.05) is 0 Å². The molecule has 0 unspecified atom stereocenters. The number of pyridine rings is 1. The van der Waals surface area contributed by atoms with Crippen molar-refractivity contribution in [3.8, 4) is 0 Å². The highest BCUT2D eigenvalue weighted by Gasteiger charge is 2.32. The van der Waals surface area contributed by atoms with E-state index in [4.69, 9.17) is 17.3 Å². The Morgan fingerprint density at radius 2 is 2.06 bits per heavy atom. The first-order valence-corrected chi connectivity index (χ1v) is 4.61. The van der Waals surface area contributed by atoms with Crippen molar-refractivity contribution >= 4 is 17.2 Å². The zero-order chi connectivity index (χ0) is 11.9. The molecule has 16 heavy (non-hydrogen) atoms. The van der Waals surface area contributed by atoms with E-state index in [2.05, 4.69) is 10.2 Å². The Hall–Kier alpha value is -1.34. The normalized spacial score (nSPS) is 12.3. The van der Waals surface area contributed by atoms with Crippen molar-refractivity contribution in [2.45, 2.75) is 12.7 Å². The molecule has 0 radical (unpaired) electrons. The molecule has 0 spiro atoms. The van der Waals surface area contributed by atoms with E-state index >= 15 is 0 Å². The van der Waals surface area contributed by atoms with Gasteiger partial charge in [-0.1, -0.05) is 11.6 Å². The van der Waals surface area contributed by atoms with Crippen LogP contribution >= 0.6 is 11.6 Å². The molecule has 2 N–H and O–H groups in total. The third-order valence-electron chi connectivity index (χ3n) is 2.04. The Bertz CT molecular complexity index is 534. The van der Waals surface area contributed by atoms with E-state index in [0.717, 1.165) is 16.7 Å². The molecule has 0 bridgehead atoms. The fourth-order valence-corrected chi connectivity index (χ4v) is 1.54. The van der Waals surface area contributed by atoms with Crippen molar-refractivity contribution in [2.24, 2.45) is 5.73 Å². The van der Waals surface area contributed by atoms with Gasteiger partial charge < -0.3 is 5.73 Å². The standard InChI is InChI=1S/C8H6ClF3N4/c9-5-1-4(8(10,11)12)3-16-6(2-13)14-15-7(5)16/h1,3H,2,13H2. The van der Waals surface area contributed by atoms with E-state index in [-0.39, 0.29) is 23.0 Å². The molecule has 0 aliphatic rings. The van der Waals surface area contributed by atoms with E-state index < -0.39 is 11.7 Å². The molecule has 0 saturated carbocycles. The van der Waals surface area contributed by atoms with Crippen LogP contribution < -0.4 is 5.73 Å². The number of halogens is 4. The summed E-state index contributed by atoms with van der Waals surface area (Å²) in [5, 5.41) is 7.17. The first kappa shape index (κ1) is 11.2. The molecule has 8 heteroatoms. The van der Waals surface area contributed by atoms with Crippen LogP contribution in [0.5, 0.6) is 0 Å². The molecule has 0 fully saturated rings. The van der Waals surface area contributed by atoms with Gasteiger partial charge in [0.05, 0.1) is 17.1 Å². The van der Waals surface area contributed by atoms with E-state index in [1.165, 1.54) is 0 Å². The summed E-state index contributed by atoms with van der Waals surface area (Å²) in [5.41, 5.74) is 4.62. The van der Waals surface area contributed by atoms with Crippen LogP contribution in [0.3, 0.4) is 0 Å². The average Bonchev–Trinajstić information content (AvgIpc) is 2.59.